The van der Waals surface area contributed by atoms with Crippen LogP contribution in [0.2, 0.25) is 0 Å². The van der Waals surface area contributed by atoms with Gasteiger partial charge in [0.05, 0.1) is 0 Å². The lowest BCUT2D eigenvalue weighted by molar-refractivity contribution is -0.124. The zero-order chi connectivity index (χ0) is 22.2. The molecule has 2 amide bonds. The van der Waals surface area contributed by atoms with E-state index in [0.29, 0.717) is 37.3 Å². The Kier molecular flexibility index (Phi) is 8.90. The van der Waals surface area contributed by atoms with Gasteiger partial charge in [0.2, 0.25) is 0 Å². The number of rotatable bonds is 9. The summed E-state index contributed by atoms with van der Waals surface area (Å²) in [5, 5.41) is 3.30. The van der Waals surface area contributed by atoms with Crippen LogP contribution in [0.3, 0.4) is 0 Å². The minimum atomic E-state index is 0.0256. The lowest BCUT2D eigenvalue weighted by Gasteiger charge is -2.47. The van der Waals surface area contributed by atoms with Gasteiger partial charge in [-0.3, -0.25) is 9.69 Å². The molecular formula is C25H40N4O2. The van der Waals surface area contributed by atoms with Gasteiger partial charge in [-0.05, 0) is 51.3 Å². The minimum Gasteiger partial charge on any atom is -0.334 e. The molecule has 2 fully saturated rings. The number of amides is 2. The molecule has 0 unspecified atom stereocenters. The highest BCUT2D eigenvalue weighted by molar-refractivity contribution is 5.79. The van der Waals surface area contributed by atoms with E-state index in [4.69, 9.17) is 0 Å². The predicted octanol–water partition coefficient (Wildman–Crippen LogP) is 3.37. The number of carbonyl (C=O) groups excluding carboxylic acids is 2. The fourth-order valence-corrected chi connectivity index (χ4v) is 5.24. The summed E-state index contributed by atoms with van der Waals surface area (Å²) in [5.74, 6) is 0.778. The largest absolute Gasteiger partial charge is 0.334 e. The highest BCUT2D eigenvalue weighted by Crippen LogP contribution is 2.34. The van der Waals surface area contributed by atoms with Crippen LogP contribution in [0.15, 0.2) is 30.3 Å². The fraction of sp³-hybridized carbons (Fsp3) is 0.680. The van der Waals surface area contributed by atoms with Crippen molar-refractivity contribution in [2.24, 2.45) is 5.92 Å². The van der Waals surface area contributed by atoms with Crippen molar-refractivity contribution in [2.45, 2.75) is 64.6 Å². The minimum absolute atomic E-state index is 0.0256. The van der Waals surface area contributed by atoms with Gasteiger partial charge in [0.1, 0.15) is 5.78 Å². The molecule has 0 spiro atoms. The summed E-state index contributed by atoms with van der Waals surface area (Å²) in [6, 6.07) is 11.1. The van der Waals surface area contributed by atoms with Gasteiger partial charge in [-0.25, -0.2) is 4.79 Å². The Balaban J connectivity index is 1.51. The van der Waals surface area contributed by atoms with Gasteiger partial charge in [0, 0.05) is 57.6 Å². The zero-order valence-corrected chi connectivity index (χ0v) is 19.6. The van der Waals surface area contributed by atoms with E-state index >= 15 is 0 Å². The number of likely N-dealkylation sites (N-methyl/N-ethyl adjacent to an activating group) is 2. The highest BCUT2D eigenvalue weighted by atomic mass is 16.2. The number of carbonyl (C=O) groups is 2. The van der Waals surface area contributed by atoms with E-state index in [1.165, 1.54) is 5.56 Å². The van der Waals surface area contributed by atoms with Crippen molar-refractivity contribution in [1.82, 2.24) is 20.0 Å². The predicted molar refractivity (Wildman–Crippen MR) is 125 cm³/mol. The van der Waals surface area contributed by atoms with E-state index in [-0.39, 0.29) is 12.1 Å². The molecule has 1 saturated carbocycles. The molecule has 1 aliphatic heterocycles. The second kappa shape index (κ2) is 11.6. The van der Waals surface area contributed by atoms with E-state index < -0.39 is 0 Å². The fourth-order valence-electron chi connectivity index (χ4n) is 5.24. The second-order valence-corrected chi connectivity index (χ2v) is 9.29. The molecule has 2 aliphatic rings. The maximum atomic E-state index is 13.0. The first-order valence-electron chi connectivity index (χ1n) is 12.0. The number of Topliss-reactive ketones (excluding diaryl/α,β-unsaturated/α-hetero) is 1. The van der Waals surface area contributed by atoms with Gasteiger partial charge >= 0.3 is 6.03 Å². The summed E-state index contributed by atoms with van der Waals surface area (Å²) >= 11 is 0. The molecule has 31 heavy (non-hydrogen) atoms. The quantitative estimate of drug-likeness (QED) is 0.655. The van der Waals surface area contributed by atoms with Crippen LogP contribution in [0.4, 0.5) is 4.79 Å². The average Bonchev–Trinajstić information content (AvgIpc) is 2.74. The third kappa shape index (κ3) is 6.78. The topological polar surface area (TPSA) is 55.9 Å². The number of nitrogens with one attached hydrogen (secondary N) is 1. The molecule has 1 aromatic rings. The summed E-state index contributed by atoms with van der Waals surface area (Å²) in [5.41, 5.74) is 1.28. The zero-order valence-electron chi connectivity index (χ0n) is 19.6. The Morgan fingerprint density at radius 3 is 2.68 bits per heavy atom. The van der Waals surface area contributed by atoms with Crippen LogP contribution in [-0.2, 0) is 11.3 Å². The Hall–Kier alpha value is -1.92. The van der Waals surface area contributed by atoms with Gasteiger partial charge in [-0.15, -0.1) is 0 Å². The molecule has 0 bridgehead atoms. The summed E-state index contributed by atoms with van der Waals surface area (Å²) < 4.78 is 0. The number of hydrogen-bond acceptors (Lipinski definition) is 4. The normalized spacial score (nSPS) is 24.1. The highest BCUT2D eigenvalue weighted by Gasteiger charge is 2.39. The standard InChI is InChI=1S/C25H40N4O2/c1-4-13-29-19-22(16-21-17-23(30)11-12-24(21)29)26-25(31)28(5-2)15-14-27(3)18-20-9-7-6-8-10-20/h6-10,21-22,24H,4-5,11-19H2,1-3H3,(H,26,31)/t21-,22+,24-/m1/s1. The Bertz CT molecular complexity index is 711. The molecule has 1 N–H and O–H groups in total. The molecule has 1 aliphatic carbocycles. The third-order valence-corrected chi connectivity index (χ3v) is 6.82. The van der Waals surface area contributed by atoms with Crippen LogP contribution in [0.5, 0.6) is 0 Å². The Morgan fingerprint density at radius 2 is 1.97 bits per heavy atom. The number of fused-ring (bicyclic) bond motifs is 1. The van der Waals surface area contributed by atoms with Crippen LogP contribution in [0.25, 0.3) is 0 Å². The van der Waals surface area contributed by atoms with Crippen molar-refractivity contribution in [3.05, 3.63) is 35.9 Å². The Labute approximate surface area is 188 Å². The van der Waals surface area contributed by atoms with Crippen molar-refractivity contribution in [2.75, 3.05) is 39.8 Å². The molecule has 6 heteroatoms. The van der Waals surface area contributed by atoms with Gasteiger partial charge in [-0.1, -0.05) is 37.3 Å². The van der Waals surface area contributed by atoms with Gasteiger partial charge in [0.15, 0.2) is 0 Å². The SMILES string of the molecule is CCCN1C[C@@H](NC(=O)N(CC)CCN(C)Cc2ccccc2)C[C@@H]2CC(=O)CC[C@H]21. The third-order valence-electron chi connectivity index (χ3n) is 6.82. The number of benzene rings is 1. The van der Waals surface area contributed by atoms with Crippen LogP contribution in [0.1, 0.15) is 51.5 Å². The first-order chi connectivity index (χ1) is 15.0. The van der Waals surface area contributed by atoms with Crippen molar-refractivity contribution in [1.29, 1.82) is 0 Å². The van der Waals surface area contributed by atoms with E-state index in [1.807, 2.05) is 17.9 Å². The van der Waals surface area contributed by atoms with Crippen molar-refractivity contribution >= 4 is 11.8 Å². The van der Waals surface area contributed by atoms with Crippen LogP contribution >= 0.6 is 0 Å². The van der Waals surface area contributed by atoms with Crippen LogP contribution in [0, 0.1) is 5.92 Å². The first-order valence-corrected chi connectivity index (χ1v) is 12.0. The number of piperidine rings is 1. The van der Waals surface area contributed by atoms with Crippen molar-refractivity contribution in [3.8, 4) is 0 Å². The lowest BCUT2D eigenvalue weighted by Crippen LogP contribution is -2.59. The summed E-state index contributed by atoms with van der Waals surface area (Å²) in [4.78, 5) is 31.7. The van der Waals surface area contributed by atoms with Crippen molar-refractivity contribution < 1.29 is 9.59 Å². The first kappa shape index (κ1) is 23.7. The van der Waals surface area contributed by atoms with E-state index in [0.717, 1.165) is 51.9 Å². The second-order valence-electron chi connectivity index (χ2n) is 9.29. The van der Waals surface area contributed by atoms with Gasteiger partial charge in [0.25, 0.3) is 0 Å². The van der Waals surface area contributed by atoms with Gasteiger partial charge in [-0.2, -0.15) is 0 Å². The number of urea groups is 1. The smallest absolute Gasteiger partial charge is 0.317 e. The molecule has 0 radical (unpaired) electrons. The maximum absolute atomic E-state index is 13.0. The van der Waals surface area contributed by atoms with E-state index in [2.05, 4.69) is 53.4 Å². The summed E-state index contributed by atoms with van der Waals surface area (Å²) in [6.45, 7) is 9.31. The van der Waals surface area contributed by atoms with E-state index in [1.54, 1.807) is 0 Å². The molecule has 172 valence electrons. The molecule has 6 nitrogen and oxygen atoms in total. The Morgan fingerprint density at radius 1 is 1.19 bits per heavy atom. The molecule has 1 aromatic carbocycles. The number of likely N-dealkylation sites (tertiary alicyclic amines) is 1. The molecule has 3 atom stereocenters. The number of nitrogens with zero attached hydrogens (tertiary/aromatic N) is 3. The molecule has 3 rings (SSSR count). The molecule has 1 heterocycles. The van der Waals surface area contributed by atoms with Crippen LogP contribution < -0.4 is 5.32 Å². The molecular weight excluding hydrogens is 388 g/mol. The lowest BCUT2D eigenvalue weighted by atomic mass is 9.76. The van der Waals surface area contributed by atoms with Crippen molar-refractivity contribution in [3.63, 3.8) is 0 Å². The molecule has 1 saturated heterocycles. The number of hydrogen-bond donors (Lipinski definition) is 1. The average molecular weight is 429 g/mol. The van der Waals surface area contributed by atoms with Crippen LogP contribution in [-0.4, -0.2) is 78.4 Å². The summed E-state index contributed by atoms with van der Waals surface area (Å²) in [6.07, 6.45) is 4.41. The van der Waals surface area contributed by atoms with E-state index in [9.17, 15) is 9.59 Å². The maximum Gasteiger partial charge on any atom is 0.317 e. The number of ketones is 1. The van der Waals surface area contributed by atoms with Gasteiger partial charge < -0.3 is 15.1 Å². The monoisotopic (exact) mass is 428 g/mol. The molecule has 0 aromatic heterocycles. The summed E-state index contributed by atoms with van der Waals surface area (Å²) in [7, 11) is 2.10.